The highest BCUT2D eigenvalue weighted by atomic mass is 16.7. The molecule has 1 amide bonds. The average molecular weight is 499 g/mol. The van der Waals surface area contributed by atoms with Gasteiger partial charge in [0.25, 0.3) is 5.91 Å². The number of methoxy groups -OCH3 is 1. The summed E-state index contributed by atoms with van der Waals surface area (Å²) in [5.74, 6) is -1.07. The number of rotatable bonds is 9. The Balaban J connectivity index is 1.54. The van der Waals surface area contributed by atoms with Gasteiger partial charge in [-0.05, 0) is 12.0 Å². The molecule has 0 spiro atoms. The van der Waals surface area contributed by atoms with Gasteiger partial charge in [-0.15, -0.1) is 0 Å². The number of β-lactam (4-membered cyclic amide) rings is 1. The number of benzene rings is 3. The Morgan fingerprint density at radius 3 is 2.08 bits per heavy atom. The molecule has 5 rings (SSSR count). The Bertz CT molecular complexity index is 1430. The van der Waals surface area contributed by atoms with Crippen molar-refractivity contribution >= 4 is 11.9 Å². The van der Waals surface area contributed by atoms with Gasteiger partial charge in [0.2, 0.25) is 0 Å². The number of ether oxygens (including phenoxy) is 1. The van der Waals surface area contributed by atoms with Crippen molar-refractivity contribution in [3.8, 4) is 22.6 Å². The zero-order valence-corrected chi connectivity index (χ0v) is 20.3. The van der Waals surface area contributed by atoms with E-state index in [4.69, 9.17) is 14.0 Å². The van der Waals surface area contributed by atoms with E-state index in [0.717, 1.165) is 11.1 Å². The lowest BCUT2D eigenvalue weighted by Gasteiger charge is -2.45. The summed E-state index contributed by atoms with van der Waals surface area (Å²) in [7, 11) is 1.32. The molecular formula is C29H26N2O6. The quantitative estimate of drug-likeness (QED) is 0.247. The van der Waals surface area contributed by atoms with Gasteiger partial charge in [-0.1, -0.05) is 91.0 Å². The SMILES string of the molecule is COC(=O)CC[C@@H]1[C@H](n2c(-c3ccccc3)c(-c3ccccc3)oc2=O)C(=O)N1OCc1ccccc1. The summed E-state index contributed by atoms with van der Waals surface area (Å²) in [5.41, 5.74) is 2.84. The Morgan fingerprint density at radius 2 is 1.46 bits per heavy atom. The number of hydrogen-bond acceptors (Lipinski definition) is 6. The highest BCUT2D eigenvalue weighted by Crippen LogP contribution is 2.40. The van der Waals surface area contributed by atoms with Crippen molar-refractivity contribution in [1.29, 1.82) is 0 Å². The largest absolute Gasteiger partial charge is 0.469 e. The molecule has 188 valence electrons. The normalized spacial score (nSPS) is 16.9. The molecule has 3 aromatic carbocycles. The van der Waals surface area contributed by atoms with Crippen LogP contribution >= 0.6 is 0 Å². The molecule has 2 atom stereocenters. The molecular weight excluding hydrogens is 472 g/mol. The van der Waals surface area contributed by atoms with E-state index in [1.54, 1.807) is 0 Å². The maximum atomic E-state index is 13.5. The third-order valence-electron chi connectivity index (χ3n) is 6.42. The number of carbonyl (C=O) groups excluding carboxylic acids is 2. The summed E-state index contributed by atoms with van der Waals surface area (Å²) in [4.78, 5) is 44.6. The van der Waals surface area contributed by atoms with Gasteiger partial charge in [-0.2, -0.15) is 0 Å². The van der Waals surface area contributed by atoms with Crippen molar-refractivity contribution in [2.45, 2.75) is 31.5 Å². The minimum Gasteiger partial charge on any atom is -0.469 e. The number of oxazole rings is 1. The maximum absolute atomic E-state index is 13.5. The molecule has 0 radical (unpaired) electrons. The summed E-state index contributed by atoms with van der Waals surface area (Å²) in [6.45, 7) is 0.176. The fourth-order valence-electron chi connectivity index (χ4n) is 4.60. The van der Waals surface area contributed by atoms with Gasteiger partial charge in [0.15, 0.2) is 5.76 Å². The van der Waals surface area contributed by atoms with Crippen molar-refractivity contribution in [3.05, 3.63) is 107 Å². The monoisotopic (exact) mass is 498 g/mol. The van der Waals surface area contributed by atoms with Gasteiger partial charge in [-0.3, -0.25) is 19.0 Å². The number of carbonyl (C=O) groups is 2. The highest BCUT2D eigenvalue weighted by molar-refractivity contribution is 5.89. The standard InChI is InChI=1S/C29H26N2O6/c1-35-24(32)18-17-23-26(28(33)31(23)36-19-20-11-5-2-6-12-20)30-25(21-13-7-3-8-14-21)27(37-29(30)34)22-15-9-4-10-16-22/h2-16,23,26H,17-19H2,1H3/t23-,26+/m1/s1. The molecule has 2 heterocycles. The summed E-state index contributed by atoms with van der Waals surface area (Å²) in [6.07, 6.45) is 0.319. The molecule has 1 aliphatic heterocycles. The Labute approximate surface area is 213 Å². The third kappa shape index (κ3) is 4.83. The van der Waals surface area contributed by atoms with Crippen LogP contribution in [0.1, 0.15) is 24.4 Å². The minimum atomic E-state index is -0.899. The fraction of sp³-hybridized carbons (Fsp3) is 0.207. The van der Waals surface area contributed by atoms with E-state index in [9.17, 15) is 14.4 Å². The van der Waals surface area contributed by atoms with Crippen LogP contribution in [0.4, 0.5) is 0 Å². The van der Waals surface area contributed by atoms with Crippen LogP contribution < -0.4 is 5.76 Å². The lowest BCUT2D eigenvalue weighted by Crippen LogP contribution is -2.62. The topological polar surface area (TPSA) is 91.0 Å². The number of amides is 1. The first kappa shape index (κ1) is 24.3. The van der Waals surface area contributed by atoms with Crippen LogP contribution in [0.5, 0.6) is 0 Å². The predicted octanol–water partition coefficient (Wildman–Crippen LogP) is 4.61. The molecule has 1 aliphatic rings. The van der Waals surface area contributed by atoms with Crippen LogP contribution in [0, 0.1) is 0 Å². The molecule has 37 heavy (non-hydrogen) atoms. The zero-order valence-electron chi connectivity index (χ0n) is 20.3. The number of aromatic nitrogens is 1. The van der Waals surface area contributed by atoms with Crippen LogP contribution in [0.2, 0.25) is 0 Å². The van der Waals surface area contributed by atoms with Gasteiger partial charge in [0.05, 0.1) is 18.8 Å². The van der Waals surface area contributed by atoms with E-state index in [1.165, 1.54) is 16.7 Å². The molecule has 1 aromatic heterocycles. The molecule has 0 aliphatic carbocycles. The molecule has 1 fully saturated rings. The van der Waals surface area contributed by atoms with Crippen molar-refractivity contribution in [3.63, 3.8) is 0 Å². The highest BCUT2D eigenvalue weighted by Gasteiger charge is 2.52. The Kier molecular flexibility index (Phi) is 7.00. The number of hydrogen-bond donors (Lipinski definition) is 0. The van der Waals surface area contributed by atoms with Gasteiger partial charge >= 0.3 is 11.7 Å². The van der Waals surface area contributed by atoms with Gasteiger partial charge in [-0.25, -0.2) is 9.86 Å². The molecule has 0 bridgehead atoms. The number of hydroxylamine groups is 2. The molecule has 1 saturated heterocycles. The van der Waals surface area contributed by atoms with Crippen LogP contribution in [-0.4, -0.2) is 34.7 Å². The molecule has 0 N–H and O–H groups in total. The molecule has 8 heteroatoms. The van der Waals surface area contributed by atoms with Crippen LogP contribution in [0.3, 0.4) is 0 Å². The van der Waals surface area contributed by atoms with Crippen LogP contribution in [0.25, 0.3) is 22.6 Å². The van der Waals surface area contributed by atoms with Crippen molar-refractivity contribution < 1.29 is 23.6 Å². The predicted molar refractivity (Wildman–Crippen MR) is 136 cm³/mol. The summed E-state index contributed by atoms with van der Waals surface area (Å²) >= 11 is 0. The first-order valence-corrected chi connectivity index (χ1v) is 12.0. The van der Waals surface area contributed by atoms with Gasteiger partial charge < -0.3 is 9.15 Å². The van der Waals surface area contributed by atoms with Gasteiger partial charge in [0.1, 0.15) is 12.6 Å². The number of nitrogens with zero attached hydrogens (tertiary/aromatic N) is 2. The summed E-state index contributed by atoms with van der Waals surface area (Å²) in [6, 6.07) is 26.6. The molecule has 8 nitrogen and oxygen atoms in total. The van der Waals surface area contributed by atoms with Crippen molar-refractivity contribution in [2.24, 2.45) is 0 Å². The fourth-order valence-corrected chi connectivity index (χ4v) is 4.60. The second-order valence-corrected chi connectivity index (χ2v) is 8.70. The summed E-state index contributed by atoms with van der Waals surface area (Å²) < 4.78 is 12.0. The second-order valence-electron chi connectivity index (χ2n) is 8.70. The molecule has 0 unspecified atom stereocenters. The van der Waals surface area contributed by atoms with E-state index in [1.807, 2.05) is 91.0 Å². The minimum absolute atomic E-state index is 0.0644. The third-order valence-corrected chi connectivity index (χ3v) is 6.42. The van der Waals surface area contributed by atoms with Crippen LogP contribution in [0.15, 0.2) is 100 Å². The Hall–Kier alpha value is -4.43. The van der Waals surface area contributed by atoms with E-state index >= 15 is 0 Å². The van der Waals surface area contributed by atoms with Crippen molar-refractivity contribution in [2.75, 3.05) is 7.11 Å². The van der Waals surface area contributed by atoms with E-state index in [2.05, 4.69) is 0 Å². The average Bonchev–Trinajstić information content (AvgIpc) is 3.28. The van der Waals surface area contributed by atoms with E-state index in [0.29, 0.717) is 17.0 Å². The van der Waals surface area contributed by atoms with Crippen molar-refractivity contribution in [1.82, 2.24) is 9.63 Å². The first-order chi connectivity index (χ1) is 18.1. The van der Waals surface area contributed by atoms with E-state index in [-0.39, 0.29) is 25.4 Å². The zero-order chi connectivity index (χ0) is 25.8. The maximum Gasteiger partial charge on any atom is 0.420 e. The molecule has 0 saturated carbocycles. The lowest BCUT2D eigenvalue weighted by molar-refractivity contribution is -0.247. The first-order valence-electron chi connectivity index (χ1n) is 12.0. The smallest absolute Gasteiger partial charge is 0.420 e. The Morgan fingerprint density at radius 1 is 0.865 bits per heavy atom. The number of esters is 1. The second kappa shape index (κ2) is 10.7. The van der Waals surface area contributed by atoms with Gasteiger partial charge in [0, 0.05) is 17.5 Å². The van der Waals surface area contributed by atoms with Crippen LogP contribution in [-0.2, 0) is 25.8 Å². The molecule has 4 aromatic rings. The summed E-state index contributed by atoms with van der Waals surface area (Å²) in [5, 5.41) is 1.26. The van der Waals surface area contributed by atoms with E-state index < -0.39 is 23.8 Å². The lowest BCUT2D eigenvalue weighted by atomic mass is 9.92.